The van der Waals surface area contributed by atoms with Gasteiger partial charge in [0.15, 0.2) is 5.96 Å². The molecule has 0 bridgehead atoms. The molecular weight excluding hydrogens is 250 g/mol. The minimum absolute atomic E-state index is 0.345. The summed E-state index contributed by atoms with van der Waals surface area (Å²) in [7, 11) is 1.76. The third kappa shape index (κ3) is 3.88. The van der Waals surface area contributed by atoms with E-state index in [0.29, 0.717) is 12.6 Å². The van der Waals surface area contributed by atoms with Crippen LogP contribution in [0.25, 0.3) is 11.3 Å². The van der Waals surface area contributed by atoms with E-state index in [-0.39, 0.29) is 0 Å². The third-order valence-corrected chi connectivity index (χ3v) is 2.80. The van der Waals surface area contributed by atoms with Crippen molar-refractivity contribution in [3.8, 4) is 11.3 Å². The highest BCUT2D eigenvalue weighted by molar-refractivity contribution is 5.79. The summed E-state index contributed by atoms with van der Waals surface area (Å²) >= 11 is 0. The van der Waals surface area contributed by atoms with Gasteiger partial charge in [-0.05, 0) is 26.0 Å². The van der Waals surface area contributed by atoms with Crippen LogP contribution in [0.15, 0.2) is 51.9 Å². The number of hydrogen-bond acceptors (Lipinski definition) is 2. The van der Waals surface area contributed by atoms with Crippen LogP contribution in [-0.4, -0.2) is 19.0 Å². The normalized spacial score (nSPS) is 11.7. The van der Waals surface area contributed by atoms with Crippen molar-refractivity contribution in [1.29, 1.82) is 0 Å². The van der Waals surface area contributed by atoms with Crippen LogP contribution in [0.4, 0.5) is 0 Å². The summed E-state index contributed by atoms with van der Waals surface area (Å²) in [5.74, 6) is 2.54. The SMILES string of the molecule is CN=C(NCc1ccc(-c2ccccc2)o1)NC(C)C. The molecule has 0 radical (unpaired) electrons. The zero-order chi connectivity index (χ0) is 14.4. The molecule has 1 aromatic heterocycles. The third-order valence-electron chi connectivity index (χ3n) is 2.80. The molecule has 1 heterocycles. The maximum Gasteiger partial charge on any atom is 0.191 e. The van der Waals surface area contributed by atoms with Crippen LogP contribution in [0.1, 0.15) is 19.6 Å². The van der Waals surface area contributed by atoms with Gasteiger partial charge in [-0.2, -0.15) is 0 Å². The number of nitrogens with zero attached hydrogens (tertiary/aromatic N) is 1. The largest absolute Gasteiger partial charge is 0.459 e. The first-order chi connectivity index (χ1) is 9.69. The average Bonchev–Trinajstić information content (AvgIpc) is 2.93. The molecule has 0 saturated heterocycles. The molecule has 2 N–H and O–H groups in total. The van der Waals surface area contributed by atoms with E-state index in [4.69, 9.17) is 4.42 Å². The standard InChI is InChI=1S/C16H21N3O/c1-12(2)19-16(17-3)18-11-14-9-10-15(20-14)13-7-5-4-6-8-13/h4-10,12H,11H2,1-3H3,(H2,17,18,19). The molecule has 0 saturated carbocycles. The van der Waals surface area contributed by atoms with Gasteiger partial charge in [0.1, 0.15) is 11.5 Å². The number of benzene rings is 1. The number of guanidine groups is 1. The summed E-state index contributed by atoms with van der Waals surface area (Å²) in [5.41, 5.74) is 1.09. The molecule has 0 amide bonds. The lowest BCUT2D eigenvalue weighted by Crippen LogP contribution is -2.40. The van der Waals surface area contributed by atoms with Gasteiger partial charge in [0.25, 0.3) is 0 Å². The Bertz CT molecular complexity index is 558. The summed E-state index contributed by atoms with van der Waals surface area (Å²) < 4.78 is 5.82. The smallest absolute Gasteiger partial charge is 0.191 e. The number of hydrogen-bond donors (Lipinski definition) is 2. The van der Waals surface area contributed by atoms with Gasteiger partial charge in [0, 0.05) is 18.7 Å². The zero-order valence-electron chi connectivity index (χ0n) is 12.2. The van der Waals surface area contributed by atoms with Gasteiger partial charge < -0.3 is 15.1 Å². The van der Waals surface area contributed by atoms with Crippen LogP contribution in [0.2, 0.25) is 0 Å². The molecule has 0 spiro atoms. The number of rotatable bonds is 4. The second-order valence-electron chi connectivity index (χ2n) is 4.86. The fourth-order valence-electron chi connectivity index (χ4n) is 1.87. The van der Waals surface area contributed by atoms with Crippen LogP contribution in [0.3, 0.4) is 0 Å². The van der Waals surface area contributed by atoms with E-state index < -0.39 is 0 Å². The highest BCUT2D eigenvalue weighted by Crippen LogP contribution is 2.21. The first kappa shape index (κ1) is 14.2. The molecule has 0 fully saturated rings. The lowest BCUT2D eigenvalue weighted by atomic mass is 10.2. The number of nitrogens with one attached hydrogen (secondary N) is 2. The maximum absolute atomic E-state index is 5.82. The van der Waals surface area contributed by atoms with Gasteiger partial charge in [-0.3, -0.25) is 4.99 Å². The van der Waals surface area contributed by atoms with Crippen LogP contribution >= 0.6 is 0 Å². The molecule has 0 aliphatic rings. The summed E-state index contributed by atoms with van der Waals surface area (Å²) in [4.78, 5) is 4.16. The molecule has 0 unspecified atom stereocenters. The summed E-state index contributed by atoms with van der Waals surface area (Å²) in [6.07, 6.45) is 0. The van der Waals surface area contributed by atoms with Crippen molar-refractivity contribution in [2.24, 2.45) is 4.99 Å². The predicted octanol–water partition coefficient (Wildman–Crippen LogP) is 3.02. The van der Waals surface area contributed by atoms with E-state index in [0.717, 1.165) is 23.0 Å². The highest BCUT2D eigenvalue weighted by Gasteiger charge is 2.05. The monoisotopic (exact) mass is 271 g/mol. The van der Waals surface area contributed by atoms with Crippen molar-refractivity contribution >= 4 is 5.96 Å². The summed E-state index contributed by atoms with van der Waals surface area (Å²) in [6, 6.07) is 14.4. The molecule has 106 valence electrons. The van der Waals surface area contributed by atoms with Crippen molar-refractivity contribution in [1.82, 2.24) is 10.6 Å². The molecule has 4 heteroatoms. The van der Waals surface area contributed by atoms with E-state index in [1.807, 2.05) is 42.5 Å². The lowest BCUT2D eigenvalue weighted by molar-refractivity contribution is 0.512. The van der Waals surface area contributed by atoms with Crippen LogP contribution < -0.4 is 10.6 Å². The van der Waals surface area contributed by atoms with Crippen LogP contribution in [-0.2, 0) is 6.54 Å². The molecule has 0 atom stereocenters. The Labute approximate surface area is 119 Å². The van der Waals surface area contributed by atoms with Crippen LogP contribution in [0, 0.1) is 0 Å². The van der Waals surface area contributed by atoms with E-state index in [1.165, 1.54) is 0 Å². The van der Waals surface area contributed by atoms with E-state index >= 15 is 0 Å². The molecule has 20 heavy (non-hydrogen) atoms. The van der Waals surface area contributed by atoms with Crippen molar-refractivity contribution < 1.29 is 4.42 Å². The van der Waals surface area contributed by atoms with Gasteiger partial charge in [-0.15, -0.1) is 0 Å². The predicted molar refractivity (Wildman–Crippen MR) is 82.6 cm³/mol. The van der Waals surface area contributed by atoms with E-state index in [2.05, 4.69) is 29.5 Å². The lowest BCUT2D eigenvalue weighted by Gasteiger charge is -2.13. The summed E-state index contributed by atoms with van der Waals surface area (Å²) in [5, 5.41) is 6.46. The molecule has 0 aliphatic carbocycles. The van der Waals surface area contributed by atoms with Gasteiger partial charge in [-0.1, -0.05) is 30.3 Å². The Hall–Kier alpha value is -2.23. The Morgan fingerprint density at radius 1 is 1.15 bits per heavy atom. The van der Waals surface area contributed by atoms with E-state index in [9.17, 15) is 0 Å². The Morgan fingerprint density at radius 3 is 2.55 bits per heavy atom. The minimum Gasteiger partial charge on any atom is -0.459 e. The van der Waals surface area contributed by atoms with Gasteiger partial charge >= 0.3 is 0 Å². The second kappa shape index (κ2) is 6.80. The molecular formula is C16H21N3O. The maximum atomic E-state index is 5.82. The van der Waals surface area contributed by atoms with Crippen molar-refractivity contribution in [3.63, 3.8) is 0 Å². The Kier molecular flexibility index (Phi) is 4.82. The van der Waals surface area contributed by atoms with Crippen molar-refractivity contribution in [2.45, 2.75) is 26.4 Å². The highest BCUT2D eigenvalue weighted by atomic mass is 16.3. The van der Waals surface area contributed by atoms with Gasteiger partial charge in [0.05, 0.1) is 6.54 Å². The number of aliphatic imine (C=N–C) groups is 1. The molecule has 1 aromatic carbocycles. The molecule has 2 rings (SSSR count). The minimum atomic E-state index is 0.345. The topological polar surface area (TPSA) is 49.6 Å². The fraction of sp³-hybridized carbons (Fsp3) is 0.312. The van der Waals surface area contributed by atoms with Crippen molar-refractivity contribution in [2.75, 3.05) is 7.05 Å². The van der Waals surface area contributed by atoms with Crippen LogP contribution in [0.5, 0.6) is 0 Å². The second-order valence-corrected chi connectivity index (χ2v) is 4.86. The summed E-state index contributed by atoms with van der Waals surface area (Å²) in [6.45, 7) is 4.76. The van der Waals surface area contributed by atoms with Gasteiger partial charge in [-0.25, -0.2) is 0 Å². The fourth-order valence-corrected chi connectivity index (χ4v) is 1.87. The molecule has 0 aliphatic heterocycles. The Balaban J connectivity index is 1.97. The zero-order valence-corrected chi connectivity index (χ0v) is 12.2. The van der Waals surface area contributed by atoms with E-state index in [1.54, 1.807) is 7.05 Å². The number of furan rings is 1. The average molecular weight is 271 g/mol. The first-order valence-electron chi connectivity index (χ1n) is 6.80. The quantitative estimate of drug-likeness (QED) is 0.664. The molecule has 2 aromatic rings. The Morgan fingerprint density at radius 2 is 1.90 bits per heavy atom. The van der Waals surface area contributed by atoms with Crippen molar-refractivity contribution in [3.05, 3.63) is 48.2 Å². The van der Waals surface area contributed by atoms with Gasteiger partial charge in [0.2, 0.25) is 0 Å². The first-order valence-corrected chi connectivity index (χ1v) is 6.80. The molecule has 4 nitrogen and oxygen atoms in total.